The second kappa shape index (κ2) is 10.8. The number of ether oxygens (including phenoxy) is 3. The first kappa shape index (κ1) is 24.0. The van der Waals surface area contributed by atoms with E-state index in [4.69, 9.17) is 37.4 Å². The standard InChI is InChI=1S/C22H19Cl2NO6S/c1-3-30-20(26)11-25-21(27)19(32-22(25)28)9-13-4-7-17(29-2)18(8-13)31-12-14-5-6-15(23)10-16(14)24/h4-10H,3,11-12H2,1-2H3/b19-9-. The molecular formula is C22H19Cl2NO6S. The number of esters is 1. The van der Waals surface area contributed by atoms with Gasteiger partial charge in [0, 0.05) is 15.6 Å². The van der Waals surface area contributed by atoms with Gasteiger partial charge in [0.15, 0.2) is 11.5 Å². The average molecular weight is 496 g/mol. The molecule has 0 radical (unpaired) electrons. The topological polar surface area (TPSA) is 82.1 Å². The average Bonchev–Trinajstić information content (AvgIpc) is 3.01. The fourth-order valence-corrected chi connectivity index (χ4v) is 4.11. The molecule has 1 aliphatic heterocycles. The number of benzene rings is 2. The molecule has 3 rings (SSSR count). The summed E-state index contributed by atoms with van der Waals surface area (Å²) in [7, 11) is 1.51. The molecular weight excluding hydrogens is 477 g/mol. The molecule has 0 saturated carbocycles. The lowest BCUT2D eigenvalue weighted by Gasteiger charge is -2.13. The molecule has 0 bridgehead atoms. The van der Waals surface area contributed by atoms with Crippen LogP contribution in [0.3, 0.4) is 0 Å². The number of imide groups is 1. The number of nitrogens with zero attached hydrogens (tertiary/aromatic N) is 1. The van der Waals surface area contributed by atoms with Crippen LogP contribution in [0, 0.1) is 0 Å². The zero-order chi connectivity index (χ0) is 23.3. The smallest absolute Gasteiger partial charge is 0.326 e. The van der Waals surface area contributed by atoms with Gasteiger partial charge in [-0.25, -0.2) is 0 Å². The summed E-state index contributed by atoms with van der Waals surface area (Å²) in [5.41, 5.74) is 1.35. The molecule has 1 heterocycles. The van der Waals surface area contributed by atoms with Crippen LogP contribution in [0.1, 0.15) is 18.1 Å². The lowest BCUT2D eigenvalue weighted by molar-refractivity contribution is -0.145. The van der Waals surface area contributed by atoms with Crippen molar-refractivity contribution in [2.24, 2.45) is 0 Å². The third kappa shape index (κ3) is 5.76. The normalized spacial score (nSPS) is 14.8. The summed E-state index contributed by atoms with van der Waals surface area (Å²) in [4.78, 5) is 37.4. The van der Waals surface area contributed by atoms with Crippen molar-refractivity contribution in [1.82, 2.24) is 4.90 Å². The predicted octanol–water partition coefficient (Wildman–Crippen LogP) is 5.18. The van der Waals surface area contributed by atoms with Gasteiger partial charge in [-0.15, -0.1) is 0 Å². The van der Waals surface area contributed by atoms with Crippen molar-refractivity contribution >= 4 is 58.2 Å². The van der Waals surface area contributed by atoms with Gasteiger partial charge in [-0.2, -0.15) is 0 Å². The molecule has 1 saturated heterocycles. The Balaban J connectivity index is 1.78. The van der Waals surface area contributed by atoms with E-state index in [0.29, 0.717) is 27.1 Å². The first-order valence-corrected chi connectivity index (χ1v) is 11.1. The van der Waals surface area contributed by atoms with Crippen molar-refractivity contribution in [3.8, 4) is 11.5 Å². The van der Waals surface area contributed by atoms with Gasteiger partial charge in [-0.3, -0.25) is 19.3 Å². The van der Waals surface area contributed by atoms with Crippen LogP contribution in [0.4, 0.5) is 4.79 Å². The Morgan fingerprint density at radius 2 is 1.91 bits per heavy atom. The van der Waals surface area contributed by atoms with Crippen molar-refractivity contribution < 1.29 is 28.6 Å². The van der Waals surface area contributed by atoms with Crippen LogP contribution < -0.4 is 9.47 Å². The van der Waals surface area contributed by atoms with E-state index in [1.165, 1.54) is 7.11 Å². The second-order valence-corrected chi connectivity index (χ2v) is 8.34. The molecule has 0 spiro atoms. The molecule has 168 valence electrons. The lowest BCUT2D eigenvalue weighted by Crippen LogP contribution is -2.34. The Hall–Kier alpha value is -2.68. The third-order valence-electron chi connectivity index (χ3n) is 4.35. The molecule has 1 fully saturated rings. The highest BCUT2D eigenvalue weighted by Gasteiger charge is 2.36. The predicted molar refractivity (Wildman–Crippen MR) is 123 cm³/mol. The minimum absolute atomic E-state index is 0.167. The molecule has 0 aliphatic carbocycles. The Kier molecular flexibility index (Phi) is 8.06. The van der Waals surface area contributed by atoms with Crippen molar-refractivity contribution in [3.05, 3.63) is 62.5 Å². The Labute approximate surface area is 199 Å². The molecule has 32 heavy (non-hydrogen) atoms. The van der Waals surface area contributed by atoms with Crippen LogP contribution in [0.2, 0.25) is 10.0 Å². The number of methoxy groups -OCH3 is 1. The van der Waals surface area contributed by atoms with Gasteiger partial charge >= 0.3 is 5.97 Å². The lowest BCUT2D eigenvalue weighted by atomic mass is 10.1. The Morgan fingerprint density at radius 1 is 1.12 bits per heavy atom. The summed E-state index contributed by atoms with van der Waals surface area (Å²) in [6, 6.07) is 10.2. The van der Waals surface area contributed by atoms with Gasteiger partial charge in [-0.1, -0.05) is 35.3 Å². The monoisotopic (exact) mass is 495 g/mol. The van der Waals surface area contributed by atoms with Crippen LogP contribution in [-0.2, 0) is 20.9 Å². The number of halogens is 2. The molecule has 2 amide bonds. The number of hydrogen-bond donors (Lipinski definition) is 0. The molecule has 0 atom stereocenters. The number of thioether (sulfide) groups is 1. The highest BCUT2D eigenvalue weighted by molar-refractivity contribution is 8.18. The molecule has 1 aliphatic rings. The largest absolute Gasteiger partial charge is 0.493 e. The van der Waals surface area contributed by atoms with Gasteiger partial charge in [0.25, 0.3) is 11.1 Å². The van der Waals surface area contributed by atoms with E-state index in [1.54, 1.807) is 49.4 Å². The number of hydrogen-bond acceptors (Lipinski definition) is 7. The van der Waals surface area contributed by atoms with Gasteiger partial charge < -0.3 is 14.2 Å². The maximum Gasteiger partial charge on any atom is 0.326 e. The molecule has 0 aromatic heterocycles. The summed E-state index contributed by atoms with van der Waals surface area (Å²) in [5.74, 6) is -0.281. The van der Waals surface area contributed by atoms with Crippen LogP contribution in [0.15, 0.2) is 41.3 Å². The highest BCUT2D eigenvalue weighted by Crippen LogP contribution is 2.35. The zero-order valence-corrected chi connectivity index (χ0v) is 19.6. The zero-order valence-electron chi connectivity index (χ0n) is 17.2. The quantitative estimate of drug-likeness (QED) is 0.368. The van der Waals surface area contributed by atoms with Crippen molar-refractivity contribution in [2.75, 3.05) is 20.3 Å². The van der Waals surface area contributed by atoms with Crippen molar-refractivity contribution in [2.45, 2.75) is 13.5 Å². The number of carbonyl (C=O) groups excluding carboxylic acids is 3. The second-order valence-electron chi connectivity index (χ2n) is 6.51. The van der Waals surface area contributed by atoms with Crippen LogP contribution in [-0.4, -0.2) is 42.3 Å². The van der Waals surface area contributed by atoms with E-state index in [1.807, 2.05) is 0 Å². The number of carbonyl (C=O) groups is 3. The summed E-state index contributed by atoms with van der Waals surface area (Å²) in [5, 5.41) is 0.467. The van der Waals surface area contributed by atoms with Crippen molar-refractivity contribution in [1.29, 1.82) is 0 Å². The van der Waals surface area contributed by atoms with Gasteiger partial charge in [-0.05, 0) is 54.6 Å². The van der Waals surface area contributed by atoms with E-state index in [0.717, 1.165) is 22.2 Å². The Bertz CT molecular complexity index is 1090. The minimum atomic E-state index is -0.642. The van der Waals surface area contributed by atoms with Gasteiger partial charge in [0.05, 0.1) is 18.6 Å². The summed E-state index contributed by atoms with van der Waals surface area (Å²) < 4.78 is 16.0. The summed E-state index contributed by atoms with van der Waals surface area (Å²) >= 11 is 12.9. The minimum Gasteiger partial charge on any atom is -0.493 e. The summed E-state index contributed by atoms with van der Waals surface area (Å²) in [6.07, 6.45) is 1.55. The molecule has 7 nitrogen and oxygen atoms in total. The van der Waals surface area contributed by atoms with E-state index in [-0.39, 0.29) is 18.1 Å². The van der Waals surface area contributed by atoms with Crippen LogP contribution in [0.5, 0.6) is 11.5 Å². The van der Waals surface area contributed by atoms with Crippen molar-refractivity contribution in [3.63, 3.8) is 0 Å². The van der Waals surface area contributed by atoms with Crippen LogP contribution in [0.25, 0.3) is 6.08 Å². The molecule has 10 heteroatoms. The maximum absolute atomic E-state index is 12.6. The first-order chi connectivity index (χ1) is 15.3. The van der Waals surface area contributed by atoms with E-state index in [2.05, 4.69) is 0 Å². The van der Waals surface area contributed by atoms with Gasteiger partial charge in [0.2, 0.25) is 0 Å². The maximum atomic E-state index is 12.6. The van der Waals surface area contributed by atoms with E-state index < -0.39 is 23.7 Å². The molecule has 2 aromatic carbocycles. The Morgan fingerprint density at radius 3 is 2.59 bits per heavy atom. The van der Waals surface area contributed by atoms with E-state index >= 15 is 0 Å². The van der Waals surface area contributed by atoms with Crippen LogP contribution >= 0.6 is 35.0 Å². The summed E-state index contributed by atoms with van der Waals surface area (Å²) in [6.45, 7) is 1.57. The highest BCUT2D eigenvalue weighted by atomic mass is 35.5. The first-order valence-electron chi connectivity index (χ1n) is 9.48. The molecule has 2 aromatic rings. The fourth-order valence-electron chi connectivity index (χ4n) is 2.81. The number of amides is 2. The molecule has 0 unspecified atom stereocenters. The fraction of sp³-hybridized carbons (Fsp3) is 0.227. The van der Waals surface area contributed by atoms with E-state index in [9.17, 15) is 14.4 Å². The van der Waals surface area contributed by atoms with Gasteiger partial charge in [0.1, 0.15) is 13.2 Å². The number of rotatable bonds is 8. The SMILES string of the molecule is CCOC(=O)CN1C(=O)S/C(=C\c2ccc(OC)c(OCc3ccc(Cl)cc3Cl)c2)C1=O. The molecule has 0 N–H and O–H groups in total. The third-order valence-corrected chi connectivity index (χ3v) is 5.84.